The maximum absolute atomic E-state index is 14.0. The van der Waals surface area contributed by atoms with E-state index in [9.17, 15) is 18.0 Å². The molecule has 0 bridgehead atoms. The van der Waals surface area contributed by atoms with Crippen LogP contribution in [0.4, 0.5) is 5.69 Å². The third kappa shape index (κ3) is 7.83. The van der Waals surface area contributed by atoms with Crippen molar-refractivity contribution in [2.24, 2.45) is 5.92 Å². The zero-order valence-corrected chi connectivity index (χ0v) is 23.7. The molecule has 0 saturated carbocycles. The molecule has 3 aromatic rings. The molecule has 1 N–H and O–H groups in total. The first-order valence-electron chi connectivity index (χ1n) is 13.0. The molecule has 0 aliphatic rings. The van der Waals surface area contributed by atoms with E-state index in [2.05, 4.69) is 5.32 Å². The van der Waals surface area contributed by atoms with Gasteiger partial charge in [0.2, 0.25) is 11.8 Å². The number of ether oxygens (including phenoxy) is 1. The third-order valence-electron chi connectivity index (χ3n) is 6.24. The molecule has 208 valence electrons. The van der Waals surface area contributed by atoms with Crippen molar-refractivity contribution < 1.29 is 22.7 Å². The van der Waals surface area contributed by atoms with Crippen LogP contribution in [0.1, 0.15) is 32.8 Å². The number of carbonyl (C=O) groups is 2. The van der Waals surface area contributed by atoms with Gasteiger partial charge in [-0.3, -0.25) is 13.9 Å². The summed E-state index contributed by atoms with van der Waals surface area (Å²) < 4.78 is 33.9. The van der Waals surface area contributed by atoms with Crippen LogP contribution in [-0.2, 0) is 26.2 Å². The van der Waals surface area contributed by atoms with E-state index in [1.54, 1.807) is 42.5 Å². The van der Waals surface area contributed by atoms with Crippen LogP contribution >= 0.6 is 0 Å². The van der Waals surface area contributed by atoms with Gasteiger partial charge in [0.15, 0.2) is 0 Å². The molecule has 8 nitrogen and oxygen atoms in total. The van der Waals surface area contributed by atoms with Gasteiger partial charge in [-0.25, -0.2) is 8.42 Å². The summed E-state index contributed by atoms with van der Waals surface area (Å²) in [7, 11) is -2.58. The summed E-state index contributed by atoms with van der Waals surface area (Å²) in [5, 5.41) is 2.93. The van der Waals surface area contributed by atoms with Crippen LogP contribution in [0.2, 0.25) is 0 Å². The van der Waals surface area contributed by atoms with Gasteiger partial charge in [0.25, 0.3) is 10.0 Å². The Bertz CT molecular complexity index is 1310. The van der Waals surface area contributed by atoms with Crippen molar-refractivity contribution in [3.05, 3.63) is 90.5 Å². The van der Waals surface area contributed by atoms with Gasteiger partial charge in [0.1, 0.15) is 18.3 Å². The van der Waals surface area contributed by atoms with Crippen LogP contribution in [0.5, 0.6) is 5.75 Å². The largest absolute Gasteiger partial charge is 0.497 e. The molecule has 2 amide bonds. The Hall–Kier alpha value is -3.85. The number of carbonyl (C=O) groups excluding carboxylic acids is 2. The van der Waals surface area contributed by atoms with Crippen LogP contribution in [0, 0.1) is 5.92 Å². The molecule has 0 heterocycles. The predicted molar refractivity (Wildman–Crippen MR) is 153 cm³/mol. The Morgan fingerprint density at radius 1 is 0.897 bits per heavy atom. The minimum absolute atomic E-state index is 0.0601. The monoisotopic (exact) mass is 551 g/mol. The Morgan fingerprint density at radius 3 is 2.03 bits per heavy atom. The molecular formula is C30H37N3O5S. The minimum atomic E-state index is -4.10. The van der Waals surface area contributed by atoms with E-state index in [0.717, 1.165) is 9.87 Å². The first-order valence-corrected chi connectivity index (χ1v) is 14.4. The van der Waals surface area contributed by atoms with E-state index in [0.29, 0.717) is 24.4 Å². The van der Waals surface area contributed by atoms with Gasteiger partial charge in [-0.15, -0.1) is 0 Å². The highest BCUT2D eigenvalue weighted by Crippen LogP contribution is 2.26. The number of nitrogens with zero attached hydrogens (tertiary/aromatic N) is 2. The van der Waals surface area contributed by atoms with E-state index in [-0.39, 0.29) is 23.3 Å². The van der Waals surface area contributed by atoms with Gasteiger partial charge >= 0.3 is 0 Å². The summed E-state index contributed by atoms with van der Waals surface area (Å²) in [6.45, 7) is 5.99. The summed E-state index contributed by atoms with van der Waals surface area (Å²) in [6.07, 6.45) is 0.372. The lowest BCUT2D eigenvalue weighted by molar-refractivity contribution is -0.140. The predicted octanol–water partition coefficient (Wildman–Crippen LogP) is 4.47. The third-order valence-corrected chi connectivity index (χ3v) is 8.02. The summed E-state index contributed by atoms with van der Waals surface area (Å²) in [5.74, 6) is 0.0464. The van der Waals surface area contributed by atoms with Crippen molar-refractivity contribution in [1.82, 2.24) is 10.2 Å². The maximum atomic E-state index is 14.0. The normalized spacial score (nSPS) is 12.0. The number of hydrogen-bond acceptors (Lipinski definition) is 5. The number of rotatable bonds is 13. The standard InChI is InChI=1S/C30H37N3O5S/c1-5-28(30(35)31-20-23(2)3)32(21-24-12-8-6-9-13-24)29(34)22-33(25-16-18-26(38-4)19-17-25)39(36,37)27-14-10-7-11-15-27/h6-19,23,28H,5,20-22H2,1-4H3,(H,31,35). The molecule has 1 atom stereocenters. The number of nitrogens with one attached hydrogen (secondary N) is 1. The molecule has 0 spiro atoms. The molecule has 0 aliphatic carbocycles. The first kappa shape index (κ1) is 29.7. The van der Waals surface area contributed by atoms with Gasteiger partial charge in [-0.2, -0.15) is 0 Å². The zero-order valence-electron chi connectivity index (χ0n) is 22.9. The number of methoxy groups -OCH3 is 1. The lowest BCUT2D eigenvalue weighted by atomic mass is 10.1. The lowest BCUT2D eigenvalue weighted by Crippen LogP contribution is -2.52. The quantitative estimate of drug-likeness (QED) is 0.338. The Labute approximate surface area is 231 Å². The van der Waals surface area contributed by atoms with Crippen LogP contribution in [-0.4, -0.2) is 51.4 Å². The average Bonchev–Trinajstić information content (AvgIpc) is 2.95. The fourth-order valence-corrected chi connectivity index (χ4v) is 5.55. The van der Waals surface area contributed by atoms with Crippen molar-refractivity contribution >= 4 is 27.5 Å². The van der Waals surface area contributed by atoms with Crippen LogP contribution in [0.3, 0.4) is 0 Å². The number of anilines is 1. The number of sulfonamides is 1. The zero-order chi connectivity index (χ0) is 28.4. The average molecular weight is 552 g/mol. The summed E-state index contributed by atoms with van der Waals surface area (Å²) in [5.41, 5.74) is 1.15. The van der Waals surface area contributed by atoms with Gasteiger partial charge in [-0.1, -0.05) is 69.3 Å². The van der Waals surface area contributed by atoms with Crippen LogP contribution in [0.25, 0.3) is 0 Å². The van der Waals surface area contributed by atoms with Gasteiger partial charge in [0.05, 0.1) is 17.7 Å². The SMILES string of the molecule is CCC(C(=O)NCC(C)C)N(Cc1ccccc1)C(=O)CN(c1ccc(OC)cc1)S(=O)(=O)c1ccccc1. The van der Waals surface area contributed by atoms with Gasteiger partial charge in [-0.05, 0) is 54.3 Å². The van der Waals surface area contributed by atoms with E-state index >= 15 is 0 Å². The van der Waals surface area contributed by atoms with Crippen molar-refractivity contribution in [2.45, 2.75) is 44.7 Å². The van der Waals surface area contributed by atoms with Crippen molar-refractivity contribution in [2.75, 3.05) is 24.5 Å². The minimum Gasteiger partial charge on any atom is -0.497 e. The number of amides is 2. The van der Waals surface area contributed by atoms with Crippen molar-refractivity contribution in [3.8, 4) is 5.75 Å². The lowest BCUT2D eigenvalue weighted by Gasteiger charge is -2.33. The molecule has 0 fully saturated rings. The molecule has 9 heteroatoms. The highest BCUT2D eigenvalue weighted by Gasteiger charge is 2.33. The maximum Gasteiger partial charge on any atom is 0.264 e. The topological polar surface area (TPSA) is 96.0 Å². The van der Waals surface area contributed by atoms with Gasteiger partial charge < -0.3 is 15.0 Å². The van der Waals surface area contributed by atoms with Crippen molar-refractivity contribution in [3.63, 3.8) is 0 Å². The second-order valence-electron chi connectivity index (χ2n) is 9.59. The number of benzene rings is 3. The first-order chi connectivity index (χ1) is 18.7. The summed E-state index contributed by atoms with van der Waals surface area (Å²) in [6, 6.07) is 23.0. The smallest absolute Gasteiger partial charge is 0.264 e. The molecule has 1 unspecified atom stereocenters. The fraction of sp³-hybridized carbons (Fsp3) is 0.333. The van der Waals surface area contributed by atoms with E-state index in [1.807, 2.05) is 51.1 Å². The number of hydrogen-bond donors (Lipinski definition) is 1. The summed E-state index contributed by atoms with van der Waals surface area (Å²) >= 11 is 0. The van der Waals surface area contributed by atoms with E-state index in [4.69, 9.17) is 4.74 Å². The fourth-order valence-electron chi connectivity index (χ4n) is 4.12. The molecule has 0 aliphatic heterocycles. The van der Waals surface area contributed by atoms with Crippen LogP contribution < -0.4 is 14.4 Å². The second kappa shape index (κ2) is 13.8. The molecule has 3 aromatic carbocycles. The highest BCUT2D eigenvalue weighted by atomic mass is 32.2. The second-order valence-corrected chi connectivity index (χ2v) is 11.5. The Kier molecular flexibility index (Phi) is 10.5. The molecule has 39 heavy (non-hydrogen) atoms. The van der Waals surface area contributed by atoms with E-state index in [1.165, 1.54) is 24.1 Å². The van der Waals surface area contributed by atoms with Crippen LogP contribution in [0.15, 0.2) is 89.8 Å². The van der Waals surface area contributed by atoms with Gasteiger partial charge in [0, 0.05) is 13.1 Å². The highest BCUT2D eigenvalue weighted by molar-refractivity contribution is 7.92. The Balaban J connectivity index is 2.02. The summed E-state index contributed by atoms with van der Waals surface area (Å²) in [4.78, 5) is 28.7. The molecule has 0 saturated heterocycles. The Morgan fingerprint density at radius 2 is 1.49 bits per heavy atom. The molecule has 3 rings (SSSR count). The molecule has 0 radical (unpaired) electrons. The van der Waals surface area contributed by atoms with E-state index < -0.39 is 28.5 Å². The molecule has 0 aromatic heterocycles. The van der Waals surface area contributed by atoms with Crippen molar-refractivity contribution in [1.29, 1.82) is 0 Å². The molecular weight excluding hydrogens is 514 g/mol.